The van der Waals surface area contributed by atoms with Crippen molar-refractivity contribution in [3.05, 3.63) is 46.3 Å². The van der Waals surface area contributed by atoms with E-state index < -0.39 is 48.3 Å². The maximum Gasteiger partial charge on any atom is 0.204 e. The van der Waals surface area contributed by atoms with Crippen LogP contribution in [0.4, 0.5) is 0 Å². The van der Waals surface area contributed by atoms with Gasteiger partial charge >= 0.3 is 0 Å². The number of hydrogen-bond donors (Lipinski definition) is 6. The molecule has 1 saturated heterocycles. The fourth-order valence-corrected chi connectivity index (χ4v) is 4.10. The van der Waals surface area contributed by atoms with Gasteiger partial charge in [-0.25, -0.2) is 0 Å². The lowest BCUT2D eigenvalue weighted by molar-refractivity contribution is -0.231. The molecule has 1 aromatic heterocycles. The third-order valence-corrected chi connectivity index (χ3v) is 5.92. The van der Waals surface area contributed by atoms with E-state index in [1.54, 1.807) is 0 Å². The van der Waals surface area contributed by atoms with E-state index in [0.717, 1.165) is 12.3 Å². The minimum Gasteiger partial charge on any atom is -0.507 e. The van der Waals surface area contributed by atoms with Gasteiger partial charge in [0.05, 0.1) is 32.0 Å². The fraction of sp³-hybridized carbons (Fsp3) is 0.348. The van der Waals surface area contributed by atoms with Crippen molar-refractivity contribution in [3.63, 3.8) is 0 Å². The van der Waals surface area contributed by atoms with Crippen molar-refractivity contribution in [2.24, 2.45) is 0 Å². The largest absolute Gasteiger partial charge is 0.507 e. The van der Waals surface area contributed by atoms with Gasteiger partial charge in [-0.2, -0.15) is 0 Å². The molecule has 182 valence electrons. The third-order valence-electron chi connectivity index (χ3n) is 5.92. The van der Waals surface area contributed by atoms with Gasteiger partial charge < -0.3 is 49.3 Å². The van der Waals surface area contributed by atoms with Gasteiger partial charge in [0, 0.05) is 6.07 Å². The van der Waals surface area contributed by atoms with Crippen LogP contribution >= 0.6 is 0 Å². The summed E-state index contributed by atoms with van der Waals surface area (Å²) in [6, 6.07) is 5.42. The second-order valence-corrected chi connectivity index (χ2v) is 7.83. The van der Waals surface area contributed by atoms with Crippen LogP contribution in [-0.4, -0.2) is 75.9 Å². The Balaban J connectivity index is 1.95. The maximum atomic E-state index is 13.5. The summed E-state index contributed by atoms with van der Waals surface area (Å²) in [5.41, 5.74) is -0.443. The van der Waals surface area contributed by atoms with Gasteiger partial charge in [-0.05, 0) is 17.7 Å². The Morgan fingerprint density at radius 2 is 1.65 bits per heavy atom. The first-order valence-electron chi connectivity index (χ1n) is 10.3. The van der Waals surface area contributed by atoms with Crippen molar-refractivity contribution >= 4 is 11.0 Å². The molecule has 0 radical (unpaired) electrons. The SMILES string of the molecule is COc1cc(-c2coc3c(C4OC(CO)C(O)C(O)C4O)c(O)cc(OC)c3c2=O)ccc1O. The summed E-state index contributed by atoms with van der Waals surface area (Å²) in [5.74, 6) is -0.474. The Labute approximate surface area is 192 Å². The van der Waals surface area contributed by atoms with E-state index in [2.05, 4.69) is 0 Å². The van der Waals surface area contributed by atoms with E-state index in [9.17, 15) is 35.4 Å². The number of methoxy groups -OCH3 is 2. The van der Waals surface area contributed by atoms with Crippen LogP contribution in [0.25, 0.3) is 22.1 Å². The van der Waals surface area contributed by atoms with Crippen LogP contribution in [0.3, 0.4) is 0 Å². The first-order valence-corrected chi connectivity index (χ1v) is 10.3. The number of ether oxygens (including phenoxy) is 3. The fourth-order valence-electron chi connectivity index (χ4n) is 4.10. The van der Waals surface area contributed by atoms with Gasteiger partial charge in [0.15, 0.2) is 17.1 Å². The molecule has 0 aliphatic carbocycles. The highest BCUT2D eigenvalue weighted by Gasteiger charge is 2.46. The molecular formula is C23H24O11. The smallest absolute Gasteiger partial charge is 0.204 e. The van der Waals surface area contributed by atoms with E-state index in [4.69, 9.17) is 18.6 Å². The molecule has 5 atom stereocenters. The van der Waals surface area contributed by atoms with Crippen LogP contribution in [0.15, 0.2) is 39.7 Å². The number of fused-ring (bicyclic) bond motifs is 1. The minimum absolute atomic E-state index is 0.0258. The molecular weight excluding hydrogens is 452 g/mol. The van der Waals surface area contributed by atoms with Crippen molar-refractivity contribution in [2.45, 2.75) is 30.5 Å². The lowest BCUT2D eigenvalue weighted by Gasteiger charge is -2.40. The average molecular weight is 476 g/mol. The van der Waals surface area contributed by atoms with Crippen LogP contribution < -0.4 is 14.9 Å². The van der Waals surface area contributed by atoms with Crippen LogP contribution in [0.1, 0.15) is 11.7 Å². The van der Waals surface area contributed by atoms with E-state index in [1.165, 1.54) is 32.4 Å². The molecule has 34 heavy (non-hydrogen) atoms. The molecule has 6 N–H and O–H groups in total. The lowest BCUT2D eigenvalue weighted by Crippen LogP contribution is -2.55. The molecule has 11 heteroatoms. The summed E-state index contributed by atoms with van der Waals surface area (Å²) in [6.07, 6.45) is -6.59. The van der Waals surface area contributed by atoms with Crippen molar-refractivity contribution < 1.29 is 49.3 Å². The van der Waals surface area contributed by atoms with E-state index in [1.807, 2.05) is 0 Å². The Kier molecular flexibility index (Phi) is 6.39. The predicted octanol–water partition coefficient (Wildman–Crippen LogP) is 0.403. The number of hydrogen-bond acceptors (Lipinski definition) is 11. The normalized spacial score (nSPS) is 24.8. The van der Waals surface area contributed by atoms with Gasteiger partial charge in [-0.15, -0.1) is 0 Å². The molecule has 11 nitrogen and oxygen atoms in total. The number of phenols is 2. The Morgan fingerprint density at radius 1 is 0.941 bits per heavy atom. The van der Waals surface area contributed by atoms with Crippen molar-refractivity contribution in [2.75, 3.05) is 20.8 Å². The lowest BCUT2D eigenvalue weighted by atomic mass is 9.89. The molecule has 1 aliphatic rings. The van der Waals surface area contributed by atoms with Crippen LogP contribution in [-0.2, 0) is 4.74 Å². The quantitative estimate of drug-likeness (QED) is 0.300. The summed E-state index contributed by atoms with van der Waals surface area (Å²) in [6.45, 7) is -0.674. The summed E-state index contributed by atoms with van der Waals surface area (Å²) < 4.78 is 21.7. The minimum atomic E-state index is -1.72. The molecule has 0 amide bonds. The molecule has 1 aliphatic heterocycles. The van der Waals surface area contributed by atoms with Gasteiger partial charge in [-0.1, -0.05) is 6.07 Å². The molecule has 2 heterocycles. The highest BCUT2D eigenvalue weighted by molar-refractivity contribution is 5.91. The van der Waals surface area contributed by atoms with Crippen LogP contribution in [0.2, 0.25) is 0 Å². The second-order valence-electron chi connectivity index (χ2n) is 7.83. The summed E-state index contributed by atoms with van der Waals surface area (Å²) in [4.78, 5) is 13.5. The molecule has 0 bridgehead atoms. The summed E-state index contributed by atoms with van der Waals surface area (Å²) >= 11 is 0. The predicted molar refractivity (Wildman–Crippen MR) is 117 cm³/mol. The zero-order valence-corrected chi connectivity index (χ0v) is 18.2. The molecule has 0 spiro atoms. The number of aliphatic hydroxyl groups excluding tert-OH is 4. The summed E-state index contributed by atoms with van der Waals surface area (Å²) in [5, 5.41) is 60.8. The molecule has 1 fully saturated rings. The number of aliphatic hydroxyl groups is 4. The topological polar surface area (TPSA) is 179 Å². The zero-order chi connectivity index (χ0) is 24.7. The van der Waals surface area contributed by atoms with Crippen LogP contribution in [0, 0.1) is 0 Å². The summed E-state index contributed by atoms with van der Waals surface area (Å²) in [7, 11) is 2.65. The van der Waals surface area contributed by atoms with Crippen molar-refractivity contribution in [1.82, 2.24) is 0 Å². The molecule has 2 aromatic carbocycles. The van der Waals surface area contributed by atoms with Gasteiger partial charge in [0.25, 0.3) is 0 Å². The van der Waals surface area contributed by atoms with E-state index in [0.29, 0.717) is 5.56 Å². The van der Waals surface area contributed by atoms with E-state index >= 15 is 0 Å². The third kappa shape index (κ3) is 3.73. The van der Waals surface area contributed by atoms with Crippen molar-refractivity contribution in [1.29, 1.82) is 0 Å². The first-order chi connectivity index (χ1) is 16.2. The van der Waals surface area contributed by atoms with Crippen molar-refractivity contribution in [3.8, 4) is 34.1 Å². The molecule has 0 saturated carbocycles. The Bertz CT molecular complexity index is 1270. The standard InChI is InChI=1S/C23H24O11/c1-31-13-5-9(3-4-11(13)25)10-8-33-22-16(12(26)6-14(32-2)17(22)18(10)27)23-21(30)20(29)19(28)15(7-24)34-23/h3-6,8,15,19-21,23-26,28-30H,7H2,1-2H3. The Hall–Kier alpha value is -3.35. The number of aromatic hydroxyl groups is 2. The zero-order valence-electron chi connectivity index (χ0n) is 18.2. The van der Waals surface area contributed by atoms with E-state index in [-0.39, 0.29) is 39.3 Å². The van der Waals surface area contributed by atoms with Gasteiger partial charge in [0.1, 0.15) is 53.7 Å². The number of benzene rings is 2. The van der Waals surface area contributed by atoms with Gasteiger partial charge in [-0.3, -0.25) is 4.79 Å². The number of rotatable bonds is 5. The Morgan fingerprint density at radius 3 is 2.29 bits per heavy atom. The highest BCUT2D eigenvalue weighted by atomic mass is 16.5. The maximum absolute atomic E-state index is 13.5. The number of phenolic OH excluding ortho intramolecular Hbond substituents is 2. The molecule has 3 aromatic rings. The average Bonchev–Trinajstić information content (AvgIpc) is 2.83. The first kappa shape index (κ1) is 23.8. The second kappa shape index (κ2) is 9.12. The monoisotopic (exact) mass is 476 g/mol. The van der Waals surface area contributed by atoms with Gasteiger partial charge in [0.2, 0.25) is 5.43 Å². The van der Waals surface area contributed by atoms with Crippen LogP contribution in [0.5, 0.6) is 23.0 Å². The molecule has 5 unspecified atom stereocenters. The highest BCUT2D eigenvalue weighted by Crippen LogP contribution is 2.43. The molecule has 4 rings (SSSR count).